The summed E-state index contributed by atoms with van der Waals surface area (Å²) in [7, 11) is 0. The van der Waals surface area contributed by atoms with Crippen molar-refractivity contribution in [2.45, 2.75) is 0 Å². The molecule has 1 fully saturated rings. The SMILES string of the molecule is C1=Cc2cc3[nH]c(c(-c4ccccc4)c4nc(cc5ccc(cc1n2)[nH]5)C=C4c1ccccc1)c(-c1ccccc1)c3-c1ccccc1.C1CNCCN1. The van der Waals surface area contributed by atoms with Crippen LogP contribution in [0.1, 0.15) is 28.3 Å². The third kappa shape index (κ3) is 6.96. The highest BCUT2D eigenvalue weighted by atomic mass is 15.0. The summed E-state index contributed by atoms with van der Waals surface area (Å²) in [4.78, 5) is 17.9. The molecule has 262 valence electrons. The van der Waals surface area contributed by atoms with Crippen LogP contribution < -0.4 is 10.6 Å². The van der Waals surface area contributed by atoms with Crippen LogP contribution in [-0.4, -0.2) is 46.1 Å². The van der Waals surface area contributed by atoms with Gasteiger partial charge in [-0.05, 0) is 70.8 Å². The van der Waals surface area contributed by atoms with Gasteiger partial charge in [0, 0.05) is 65.0 Å². The number of nitrogens with one attached hydrogen (secondary N) is 4. The second kappa shape index (κ2) is 15.2. The van der Waals surface area contributed by atoms with Gasteiger partial charge >= 0.3 is 0 Å². The second-order valence-corrected chi connectivity index (χ2v) is 13.5. The van der Waals surface area contributed by atoms with E-state index in [1.54, 1.807) is 0 Å². The molecule has 6 nitrogen and oxygen atoms in total. The lowest BCUT2D eigenvalue weighted by molar-refractivity contribution is 0.534. The highest BCUT2D eigenvalue weighted by Gasteiger charge is 2.24. The molecule has 10 rings (SSSR count). The number of benzene rings is 4. The minimum Gasteiger partial charge on any atom is -0.355 e. The Kier molecular flexibility index (Phi) is 9.34. The number of nitrogens with zero attached hydrogens (tertiary/aromatic N) is 2. The number of aromatic nitrogens is 4. The molecule has 54 heavy (non-hydrogen) atoms. The first-order chi connectivity index (χ1) is 26.8. The molecule has 6 heteroatoms. The van der Waals surface area contributed by atoms with Crippen molar-refractivity contribution in [2.24, 2.45) is 0 Å². The number of hydrogen-bond donors (Lipinski definition) is 4. The van der Waals surface area contributed by atoms with Crippen molar-refractivity contribution in [1.29, 1.82) is 0 Å². The summed E-state index contributed by atoms with van der Waals surface area (Å²) in [5.41, 5.74) is 16.3. The Balaban J connectivity index is 0.000000586. The van der Waals surface area contributed by atoms with Gasteiger partial charge in [-0.25, -0.2) is 9.97 Å². The number of rotatable bonds is 4. The van der Waals surface area contributed by atoms with Crippen LogP contribution in [-0.2, 0) is 0 Å². The quantitative estimate of drug-likeness (QED) is 0.147. The van der Waals surface area contributed by atoms with Crippen molar-refractivity contribution >= 4 is 45.9 Å². The van der Waals surface area contributed by atoms with Gasteiger partial charge in [0.25, 0.3) is 0 Å². The average molecular weight is 701 g/mol. The summed E-state index contributed by atoms with van der Waals surface area (Å²) in [5, 5.41) is 6.44. The van der Waals surface area contributed by atoms with Crippen molar-refractivity contribution < 1.29 is 0 Å². The predicted octanol–water partition coefficient (Wildman–Crippen LogP) is 10.3. The number of aromatic amines is 2. The molecule has 8 bridgehead atoms. The van der Waals surface area contributed by atoms with Crippen LogP contribution in [0.4, 0.5) is 0 Å². The molecule has 0 unspecified atom stereocenters. The number of piperazine rings is 1. The molecule has 3 aliphatic heterocycles. The maximum Gasteiger partial charge on any atom is 0.0815 e. The fourth-order valence-corrected chi connectivity index (χ4v) is 7.38. The Morgan fingerprint density at radius 2 is 0.889 bits per heavy atom. The zero-order valence-electron chi connectivity index (χ0n) is 29.9. The van der Waals surface area contributed by atoms with Crippen molar-refractivity contribution in [3.05, 3.63) is 180 Å². The standard InChI is InChI=1S/C44H30N4.C4H10N2/c1-5-13-29(14-6-1)38-27-37-26-35-22-21-33(45-35)25-34-23-24-36(46-34)28-39-40(30-15-7-2-8-16-30)41(31-17-9-3-10-18-31)44(48-39)42(43(38)47-37)32-19-11-4-12-20-32;1-2-6-4-3-5-1/h1-28,45,48H;5-6H,1-4H2. The maximum absolute atomic E-state index is 5.42. The molecule has 0 amide bonds. The van der Waals surface area contributed by atoms with Gasteiger partial charge in [0.2, 0.25) is 0 Å². The fourth-order valence-electron chi connectivity index (χ4n) is 7.38. The topological polar surface area (TPSA) is 81.4 Å². The van der Waals surface area contributed by atoms with Gasteiger partial charge in [-0.15, -0.1) is 0 Å². The van der Waals surface area contributed by atoms with Crippen LogP contribution in [0, 0.1) is 0 Å². The molecule has 7 aromatic rings. The lowest BCUT2D eigenvalue weighted by Crippen LogP contribution is -2.39. The molecule has 0 aliphatic carbocycles. The summed E-state index contributed by atoms with van der Waals surface area (Å²) in [6.07, 6.45) is 6.35. The lowest BCUT2D eigenvalue weighted by atomic mass is 9.91. The molecule has 4 N–H and O–H groups in total. The van der Waals surface area contributed by atoms with Crippen LogP contribution in [0.2, 0.25) is 0 Å². The van der Waals surface area contributed by atoms with E-state index in [1.165, 1.54) is 0 Å². The highest BCUT2D eigenvalue weighted by Crippen LogP contribution is 2.45. The Morgan fingerprint density at radius 1 is 0.407 bits per heavy atom. The third-order valence-electron chi connectivity index (χ3n) is 9.85. The number of H-pyrrole nitrogens is 2. The Labute approximate surface area is 315 Å². The second-order valence-electron chi connectivity index (χ2n) is 13.5. The molecule has 0 atom stereocenters. The number of fused-ring (bicyclic) bond motifs is 8. The van der Waals surface area contributed by atoms with Gasteiger partial charge < -0.3 is 20.6 Å². The van der Waals surface area contributed by atoms with Crippen molar-refractivity contribution in [1.82, 2.24) is 30.6 Å². The Bertz CT molecular complexity index is 2620. The fraction of sp³-hybridized carbons (Fsp3) is 0.0833. The van der Waals surface area contributed by atoms with E-state index in [2.05, 4.69) is 190 Å². The Hall–Kier alpha value is -6.60. The van der Waals surface area contributed by atoms with E-state index >= 15 is 0 Å². The van der Waals surface area contributed by atoms with E-state index in [9.17, 15) is 0 Å². The van der Waals surface area contributed by atoms with E-state index in [4.69, 9.17) is 9.97 Å². The average Bonchev–Trinajstić information content (AvgIpc) is 4.05. The minimum absolute atomic E-state index is 0.884. The molecule has 0 saturated carbocycles. The van der Waals surface area contributed by atoms with Gasteiger partial charge in [0.05, 0.1) is 28.3 Å². The molecular formula is C48H40N6. The minimum atomic E-state index is 0.884. The van der Waals surface area contributed by atoms with E-state index in [0.717, 1.165) is 116 Å². The summed E-state index contributed by atoms with van der Waals surface area (Å²) >= 11 is 0. The van der Waals surface area contributed by atoms with E-state index in [0.29, 0.717) is 0 Å². The first kappa shape index (κ1) is 33.3. The highest BCUT2D eigenvalue weighted by molar-refractivity contribution is 6.10. The van der Waals surface area contributed by atoms with Gasteiger partial charge in [-0.1, -0.05) is 121 Å². The smallest absolute Gasteiger partial charge is 0.0815 e. The van der Waals surface area contributed by atoms with Crippen molar-refractivity contribution in [3.8, 4) is 33.4 Å². The van der Waals surface area contributed by atoms with Crippen LogP contribution in [0.5, 0.6) is 0 Å². The maximum atomic E-state index is 5.42. The van der Waals surface area contributed by atoms with Crippen molar-refractivity contribution in [2.75, 3.05) is 26.2 Å². The molecule has 0 radical (unpaired) electrons. The Morgan fingerprint density at radius 3 is 1.44 bits per heavy atom. The number of hydrogen-bond acceptors (Lipinski definition) is 4. The van der Waals surface area contributed by atoms with Gasteiger partial charge in [0.1, 0.15) is 0 Å². The summed E-state index contributed by atoms with van der Waals surface area (Å²) in [5.74, 6) is 0. The van der Waals surface area contributed by atoms with E-state index in [1.807, 2.05) is 0 Å². The van der Waals surface area contributed by atoms with E-state index in [-0.39, 0.29) is 0 Å². The molecule has 4 aromatic carbocycles. The largest absolute Gasteiger partial charge is 0.355 e. The third-order valence-corrected chi connectivity index (χ3v) is 9.85. The zero-order valence-corrected chi connectivity index (χ0v) is 29.9. The van der Waals surface area contributed by atoms with Gasteiger partial charge in [0.15, 0.2) is 0 Å². The zero-order chi connectivity index (χ0) is 36.1. The van der Waals surface area contributed by atoms with Crippen LogP contribution in [0.3, 0.4) is 0 Å². The molecule has 3 aliphatic rings. The summed E-state index contributed by atoms with van der Waals surface area (Å²) < 4.78 is 0. The summed E-state index contributed by atoms with van der Waals surface area (Å²) in [6, 6.07) is 53.0. The summed E-state index contributed by atoms with van der Waals surface area (Å²) in [6.45, 7) is 4.56. The normalized spacial score (nSPS) is 13.5. The van der Waals surface area contributed by atoms with Crippen LogP contribution in [0.15, 0.2) is 152 Å². The van der Waals surface area contributed by atoms with Gasteiger partial charge in [-0.2, -0.15) is 0 Å². The lowest BCUT2D eigenvalue weighted by Gasteiger charge is -2.12. The predicted molar refractivity (Wildman–Crippen MR) is 225 cm³/mol. The van der Waals surface area contributed by atoms with Gasteiger partial charge in [-0.3, -0.25) is 0 Å². The van der Waals surface area contributed by atoms with Crippen molar-refractivity contribution in [3.63, 3.8) is 0 Å². The molecule has 0 spiro atoms. The molecular weight excluding hydrogens is 661 g/mol. The molecule has 1 saturated heterocycles. The molecule has 6 heterocycles. The van der Waals surface area contributed by atoms with Crippen LogP contribution in [0.25, 0.3) is 79.2 Å². The van der Waals surface area contributed by atoms with E-state index < -0.39 is 0 Å². The first-order valence-electron chi connectivity index (χ1n) is 18.6. The molecule has 3 aromatic heterocycles. The first-order valence-corrected chi connectivity index (χ1v) is 18.6. The van der Waals surface area contributed by atoms with Crippen LogP contribution >= 0.6 is 0 Å². The monoisotopic (exact) mass is 700 g/mol.